The number of carbonyl (C=O) groups excluding carboxylic acids is 1. The normalized spacial score (nSPS) is 10.4. The van der Waals surface area contributed by atoms with Crippen molar-refractivity contribution >= 4 is 17.4 Å². The molecule has 0 radical (unpaired) electrons. The first kappa shape index (κ1) is 16.1. The Kier molecular flexibility index (Phi) is 4.38. The smallest absolute Gasteiger partial charge is 0.288 e. The summed E-state index contributed by atoms with van der Waals surface area (Å²) in [4.78, 5) is 30.0. The summed E-state index contributed by atoms with van der Waals surface area (Å²) in [6.45, 7) is 0.00774. The fraction of sp³-hybridized carbons (Fsp3) is 0.0625. The van der Waals surface area contributed by atoms with Crippen LogP contribution in [0.5, 0.6) is 0 Å². The van der Waals surface area contributed by atoms with Gasteiger partial charge in [0.15, 0.2) is 5.76 Å². The van der Waals surface area contributed by atoms with Gasteiger partial charge < -0.3 is 15.5 Å². The van der Waals surface area contributed by atoms with Crippen LogP contribution in [0.2, 0.25) is 0 Å². The maximum Gasteiger partial charge on any atom is 0.288 e. The van der Waals surface area contributed by atoms with Crippen molar-refractivity contribution in [1.29, 1.82) is 0 Å². The molecule has 3 aromatic rings. The predicted molar refractivity (Wildman–Crippen MR) is 88.4 cm³/mol. The lowest BCUT2D eigenvalue weighted by Gasteiger charge is -2.05. The fourth-order valence-electron chi connectivity index (χ4n) is 2.13. The molecule has 9 heteroatoms. The molecule has 0 aliphatic heterocycles. The summed E-state index contributed by atoms with van der Waals surface area (Å²) >= 11 is 0. The van der Waals surface area contributed by atoms with Crippen molar-refractivity contribution in [3.63, 3.8) is 0 Å². The number of pyridine rings is 1. The van der Waals surface area contributed by atoms with Crippen LogP contribution in [0.15, 0.2) is 53.2 Å². The Labute approximate surface area is 141 Å². The van der Waals surface area contributed by atoms with Gasteiger partial charge >= 0.3 is 0 Å². The zero-order valence-electron chi connectivity index (χ0n) is 12.9. The van der Waals surface area contributed by atoms with Gasteiger partial charge in [-0.05, 0) is 0 Å². The molecule has 0 atom stereocenters. The van der Waals surface area contributed by atoms with E-state index in [-0.39, 0.29) is 23.6 Å². The quantitative estimate of drug-likeness (QED) is 0.536. The minimum Gasteiger partial charge on any atom is -0.439 e. The number of benzene rings is 1. The highest BCUT2D eigenvalue weighted by molar-refractivity contribution is 5.98. The van der Waals surface area contributed by atoms with Gasteiger partial charge in [-0.15, -0.1) is 0 Å². The second-order valence-corrected chi connectivity index (χ2v) is 5.05. The third kappa shape index (κ3) is 3.61. The van der Waals surface area contributed by atoms with E-state index in [0.717, 1.165) is 17.8 Å². The molecule has 0 saturated heterocycles. The fourth-order valence-corrected chi connectivity index (χ4v) is 2.13. The molecule has 1 aromatic carbocycles. The van der Waals surface area contributed by atoms with Crippen molar-refractivity contribution in [1.82, 2.24) is 15.3 Å². The second-order valence-electron chi connectivity index (χ2n) is 5.05. The lowest BCUT2D eigenvalue weighted by atomic mass is 10.2. The number of nitrogens with two attached hydrogens (primary N) is 1. The van der Waals surface area contributed by atoms with E-state index in [2.05, 4.69) is 15.3 Å². The molecule has 3 N–H and O–H groups in total. The largest absolute Gasteiger partial charge is 0.439 e. The third-order valence-electron chi connectivity index (χ3n) is 3.37. The molecule has 0 saturated carbocycles. The van der Waals surface area contributed by atoms with Crippen LogP contribution in [0, 0.1) is 10.1 Å². The van der Waals surface area contributed by atoms with E-state index in [1.54, 1.807) is 6.20 Å². The maximum absolute atomic E-state index is 12.2. The summed E-state index contributed by atoms with van der Waals surface area (Å²) in [5, 5.41) is 13.3. The highest BCUT2D eigenvalue weighted by Crippen LogP contribution is 2.20. The molecule has 9 nitrogen and oxygen atoms in total. The molecule has 0 spiro atoms. The highest BCUT2D eigenvalue weighted by Gasteiger charge is 2.17. The van der Waals surface area contributed by atoms with Crippen molar-refractivity contribution in [2.45, 2.75) is 6.54 Å². The predicted octanol–water partition coefficient (Wildman–Crippen LogP) is 2.16. The summed E-state index contributed by atoms with van der Waals surface area (Å²) in [6, 6.07) is 10.5. The molecule has 2 aromatic heterocycles. The molecule has 126 valence electrons. The Balaban J connectivity index is 1.70. The average Bonchev–Trinajstić information content (AvgIpc) is 3.09. The molecule has 0 aliphatic rings. The number of oxazole rings is 1. The molecule has 3 rings (SSSR count). The Morgan fingerprint density at radius 3 is 2.72 bits per heavy atom. The van der Waals surface area contributed by atoms with E-state index in [9.17, 15) is 14.9 Å². The number of nitrogens with one attached hydrogen (secondary N) is 1. The Bertz CT molecular complexity index is 923. The van der Waals surface area contributed by atoms with Gasteiger partial charge in [0.1, 0.15) is 12.0 Å². The molecule has 0 aliphatic carbocycles. The Morgan fingerprint density at radius 2 is 2.00 bits per heavy atom. The van der Waals surface area contributed by atoms with Gasteiger partial charge in [-0.1, -0.05) is 30.3 Å². The van der Waals surface area contributed by atoms with E-state index in [4.69, 9.17) is 10.2 Å². The van der Waals surface area contributed by atoms with Gasteiger partial charge in [0.25, 0.3) is 11.6 Å². The number of amides is 1. The SMILES string of the molecule is Nc1ncc([N+](=O)[O-])cc1C(=O)NCc1ncc(-c2ccccc2)o1. The van der Waals surface area contributed by atoms with E-state index in [0.29, 0.717) is 11.7 Å². The van der Waals surface area contributed by atoms with E-state index in [1.807, 2.05) is 30.3 Å². The van der Waals surface area contributed by atoms with Crippen molar-refractivity contribution < 1.29 is 14.1 Å². The minimum atomic E-state index is -0.649. The number of aromatic nitrogens is 2. The second kappa shape index (κ2) is 6.79. The van der Waals surface area contributed by atoms with Crippen LogP contribution in [0.4, 0.5) is 11.5 Å². The summed E-state index contributed by atoms with van der Waals surface area (Å²) in [5.41, 5.74) is 6.07. The van der Waals surface area contributed by atoms with Crippen molar-refractivity contribution in [3.8, 4) is 11.3 Å². The van der Waals surface area contributed by atoms with Crippen molar-refractivity contribution in [2.24, 2.45) is 0 Å². The summed E-state index contributed by atoms with van der Waals surface area (Å²) in [5.74, 6) is 0.166. The monoisotopic (exact) mass is 339 g/mol. The van der Waals surface area contributed by atoms with Crippen molar-refractivity contribution in [2.75, 3.05) is 5.73 Å². The topological polar surface area (TPSA) is 137 Å². The molecule has 25 heavy (non-hydrogen) atoms. The molecule has 0 bridgehead atoms. The molecular weight excluding hydrogens is 326 g/mol. The van der Waals surface area contributed by atoms with Crippen molar-refractivity contribution in [3.05, 3.63) is 70.4 Å². The molecular formula is C16H13N5O4. The molecule has 1 amide bonds. The van der Waals surface area contributed by atoms with E-state index >= 15 is 0 Å². The first-order valence-electron chi connectivity index (χ1n) is 7.23. The number of nitro groups is 1. The molecule has 0 fully saturated rings. The standard InChI is InChI=1S/C16H13N5O4/c17-15-12(6-11(7-19-15)21(23)24)16(22)20-9-14-18-8-13(25-14)10-4-2-1-3-5-10/h1-8H,9H2,(H2,17,19)(H,20,22). The van der Waals surface area contributed by atoms with Gasteiger partial charge in [0.2, 0.25) is 5.89 Å². The van der Waals surface area contributed by atoms with Gasteiger partial charge in [0.05, 0.1) is 23.2 Å². The number of hydrogen-bond acceptors (Lipinski definition) is 7. The lowest BCUT2D eigenvalue weighted by Crippen LogP contribution is -2.24. The van der Waals surface area contributed by atoms with Gasteiger partial charge in [-0.3, -0.25) is 14.9 Å². The first-order chi connectivity index (χ1) is 12.0. The zero-order chi connectivity index (χ0) is 17.8. The number of carbonyl (C=O) groups is 1. The van der Waals surface area contributed by atoms with Crippen LogP contribution >= 0.6 is 0 Å². The zero-order valence-corrected chi connectivity index (χ0v) is 12.9. The van der Waals surface area contributed by atoms with Gasteiger partial charge in [-0.2, -0.15) is 0 Å². The van der Waals surface area contributed by atoms with E-state index in [1.165, 1.54) is 0 Å². The first-order valence-corrected chi connectivity index (χ1v) is 7.23. The number of hydrogen-bond donors (Lipinski definition) is 2. The van der Waals surface area contributed by atoms with Gasteiger partial charge in [-0.25, -0.2) is 9.97 Å². The minimum absolute atomic E-state index is 0.00774. The van der Waals surface area contributed by atoms with E-state index < -0.39 is 10.8 Å². The maximum atomic E-state index is 12.2. The van der Waals surface area contributed by atoms with Crippen LogP contribution in [0.25, 0.3) is 11.3 Å². The average molecular weight is 339 g/mol. The molecule has 2 heterocycles. The lowest BCUT2D eigenvalue weighted by molar-refractivity contribution is -0.385. The summed E-state index contributed by atoms with van der Waals surface area (Å²) < 4.78 is 5.57. The molecule has 0 unspecified atom stereocenters. The highest BCUT2D eigenvalue weighted by atomic mass is 16.6. The van der Waals surface area contributed by atoms with Crippen LogP contribution in [-0.4, -0.2) is 20.8 Å². The Hall–Kier alpha value is -3.75. The number of anilines is 1. The number of rotatable bonds is 5. The van der Waals surface area contributed by atoms with Crippen LogP contribution in [0.1, 0.15) is 16.2 Å². The Morgan fingerprint density at radius 1 is 1.24 bits per heavy atom. The summed E-state index contributed by atoms with van der Waals surface area (Å²) in [6.07, 6.45) is 2.55. The van der Waals surface area contributed by atoms with Crippen LogP contribution < -0.4 is 11.1 Å². The third-order valence-corrected chi connectivity index (χ3v) is 3.37. The van der Waals surface area contributed by atoms with Crippen LogP contribution in [-0.2, 0) is 6.54 Å². The summed E-state index contributed by atoms with van der Waals surface area (Å²) in [7, 11) is 0. The number of nitrogens with zero attached hydrogens (tertiary/aromatic N) is 3. The van der Waals surface area contributed by atoms with Crippen LogP contribution in [0.3, 0.4) is 0 Å². The van der Waals surface area contributed by atoms with Gasteiger partial charge in [0, 0.05) is 11.6 Å². The number of nitrogen functional groups attached to an aromatic ring is 1.